The number of fused-ring (bicyclic) bond motifs is 1. The molecule has 8 nitrogen and oxygen atoms in total. The molecular weight excluding hydrogens is 1420 g/mol. The Hall–Kier alpha value is -9.76. The number of rotatable bonds is 12. The number of anilines is 18. The first-order chi connectivity index (χ1) is 48.3. The fraction of sp³-hybridized carbons (Fsp3) is 0.103. The van der Waals surface area contributed by atoms with Gasteiger partial charge >= 0.3 is 612 Å². The maximum atomic E-state index is 8.75. The Balaban J connectivity index is 1.14. The third kappa shape index (κ3) is 9.92. The molecule has 0 unspecified atom stereocenters. The van der Waals surface area contributed by atoms with Crippen molar-refractivity contribution >= 4 is 178 Å². The van der Waals surface area contributed by atoms with E-state index in [-0.39, 0.29) is 31.6 Å². The zero-order valence-electron chi connectivity index (χ0n) is 56.7. The summed E-state index contributed by atoms with van der Waals surface area (Å²) in [6.07, 6.45) is 0. The van der Waals surface area contributed by atoms with E-state index in [1.165, 1.54) is 0 Å². The molecular formula is C87H69Cl4N6O2Sb. The second kappa shape index (κ2) is 24.0. The fourth-order valence-electron chi connectivity index (χ4n) is 15.0. The molecule has 0 radical (unpaired) electrons. The first-order valence-corrected chi connectivity index (χ1v) is 41.0. The second-order valence-electron chi connectivity index (χ2n) is 27.1. The third-order valence-electron chi connectivity index (χ3n) is 19.9. The molecule has 0 aliphatic carbocycles. The van der Waals surface area contributed by atoms with E-state index in [0.29, 0.717) is 0 Å². The normalized spacial score (nSPS) is 14.2. The summed E-state index contributed by atoms with van der Waals surface area (Å²) in [6.45, 7) is 19.2. The second-order valence-corrected chi connectivity index (χ2v) is 38.9. The van der Waals surface area contributed by atoms with Gasteiger partial charge in [-0.15, -0.1) is 0 Å². The summed E-state index contributed by atoms with van der Waals surface area (Å²) in [6, 6.07) is 93.5. The Morgan fingerprint density at radius 2 is 0.400 bits per heavy atom. The van der Waals surface area contributed by atoms with Gasteiger partial charge in [0.05, 0.1) is 0 Å². The SMILES string of the molecule is Cc1ccc(N(c2ccc(C)cc2)c2cc3[c]4c(c2)N(c2ccc(C)cc2)c2cc(N(c5ccc(C)cc5)c5ccc(C)cc5)cc5[c]2[Sb]42([O]c4c(Cl)c(Cl)c(Cl)c(Cl)c4[O]2)[c]2c(cc(N(c4ccc(C)cc4)c4ccc(C)cc4)cc2N5c2ccc(C)cc2)N3c2ccc(C)cc2)cc1. The Morgan fingerprint density at radius 3 is 0.580 bits per heavy atom. The van der Waals surface area contributed by atoms with E-state index in [4.69, 9.17) is 52.4 Å². The van der Waals surface area contributed by atoms with Crippen molar-refractivity contribution in [2.45, 2.75) is 62.3 Å². The van der Waals surface area contributed by atoms with Crippen LogP contribution in [-0.4, -0.2) is 18.2 Å². The van der Waals surface area contributed by atoms with Gasteiger partial charge < -0.3 is 0 Å². The number of benzene rings is 13. The predicted molar refractivity (Wildman–Crippen MR) is 423 cm³/mol. The standard InChI is InChI=1S/C81H69N6.C6H2Cl4O2.Sb/c1-55-10-28-64(29-11-55)82(65-30-12-56(2)13-31-65)73-46-76-52-77(47-73)86(71-42-24-62(8)25-43-71)79-49-75(84(68-36-18-59(5)19-37-68)69-38-20-60(6)21-39-69)51-81(54-79)87(72-44-26-63(9)27-45-72)80-50-74(48-78(53-80)85(76)70-40-22-61(7)23-41-70)83(66-32-14-57(3)15-33-66)67-34-16-58(4)17-35-67;7-1-2(8)4(10)6(12)5(11)3(1)9;/h10-51H,1-9H3;11-12H;/q;;+2/p-2. The van der Waals surface area contributed by atoms with Gasteiger partial charge in [0, 0.05) is 0 Å². The average molecular weight is 1490 g/mol. The third-order valence-corrected chi connectivity index (χ3v) is 35.6. The molecule has 0 fully saturated rings. The van der Waals surface area contributed by atoms with Crippen LogP contribution >= 0.6 is 46.4 Å². The summed E-state index contributed by atoms with van der Waals surface area (Å²) in [7, 11) is 0. The predicted octanol–water partition coefficient (Wildman–Crippen LogP) is 24.7. The molecule has 0 aromatic heterocycles. The van der Waals surface area contributed by atoms with E-state index in [0.717, 1.165) is 163 Å². The van der Waals surface area contributed by atoms with Crippen LogP contribution < -0.4 is 46.0 Å². The minimum absolute atomic E-state index is 0.0643. The number of aryl methyl sites for hydroxylation is 9. The zero-order valence-corrected chi connectivity index (χ0v) is 62.3. The fourth-order valence-corrected chi connectivity index (χ4v) is 32.7. The van der Waals surface area contributed by atoms with Crippen LogP contribution in [0.15, 0.2) is 255 Å². The van der Waals surface area contributed by atoms with Crippen molar-refractivity contribution in [1.82, 2.24) is 0 Å². The molecule has 4 aliphatic heterocycles. The van der Waals surface area contributed by atoms with Gasteiger partial charge in [0.1, 0.15) is 0 Å². The number of nitrogens with zero attached hydrogens (tertiary/aromatic N) is 6. The number of halogens is 4. The number of hydrogen-bond acceptors (Lipinski definition) is 8. The monoisotopic (exact) mass is 1490 g/mol. The van der Waals surface area contributed by atoms with Gasteiger partial charge in [-0.2, -0.15) is 0 Å². The van der Waals surface area contributed by atoms with Crippen LogP contribution in [0.5, 0.6) is 11.5 Å². The summed E-state index contributed by atoms with van der Waals surface area (Å²) in [5.41, 5.74) is 26.4. The van der Waals surface area contributed by atoms with Gasteiger partial charge in [-0.25, -0.2) is 0 Å². The van der Waals surface area contributed by atoms with Gasteiger partial charge in [0.2, 0.25) is 0 Å². The molecule has 4 aliphatic rings. The van der Waals surface area contributed by atoms with Gasteiger partial charge in [0.15, 0.2) is 0 Å². The van der Waals surface area contributed by atoms with Crippen LogP contribution in [0.3, 0.4) is 0 Å². The molecule has 13 aromatic carbocycles. The van der Waals surface area contributed by atoms with Gasteiger partial charge in [0.25, 0.3) is 0 Å². The summed E-state index contributed by atoms with van der Waals surface area (Å²) in [5.74, 6) is 0.454. The minimum atomic E-state index is -6.97. The Kier molecular flexibility index (Phi) is 15.3. The molecule has 0 amide bonds. The summed E-state index contributed by atoms with van der Waals surface area (Å²) in [5, 5.41) is 0.330. The molecule has 13 heteroatoms. The van der Waals surface area contributed by atoms with Crippen LogP contribution in [-0.2, 0) is 0 Å². The van der Waals surface area contributed by atoms with Crippen molar-refractivity contribution in [3.63, 3.8) is 0 Å². The van der Waals surface area contributed by atoms with E-state index in [2.05, 4.69) is 347 Å². The Bertz CT molecular complexity index is 4730. The summed E-state index contributed by atoms with van der Waals surface area (Å²) < 4.78 is 20.1. The summed E-state index contributed by atoms with van der Waals surface area (Å²) >= 11 is 23.5. The average Bonchev–Trinajstić information content (AvgIpc) is 1.19. The molecule has 492 valence electrons. The Morgan fingerprint density at radius 1 is 0.230 bits per heavy atom. The first-order valence-electron chi connectivity index (χ1n) is 33.6. The molecule has 0 atom stereocenters. The van der Waals surface area contributed by atoms with Gasteiger partial charge in [-0.3, -0.25) is 0 Å². The molecule has 0 bridgehead atoms. The molecule has 17 rings (SSSR count). The van der Waals surface area contributed by atoms with Crippen LogP contribution in [0.1, 0.15) is 50.1 Å². The van der Waals surface area contributed by atoms with Crippen LogP contribution in [0.2, 0.25) is 20.1 Å². The van der Waals surface area contributed by atoms with Crippen molar-refractivity contribution in [3.05, 3.63) is 325 Å². The summed E-state index contributed by atoms with van der Waals surface area (Å²) in [4.78, 5) is 14.5. The number of hydrogen-bond donors (Lipinski definition) is 0. The van der Waals surface area contributed by atoms with Gasteiger partial charge in [-0.05, 0) is 0 Å². The topological polar surface area (TPSA) is 37.9 Å². The van der Waals surface area contributed by atoms with E-state index in [1.807, 2.05) is 0 Å². The van der Waals surface area contributed by atoms with Crippen molar-refractivity contribution in [2.75, 3.05) is 29.4 Å². The maximum absolute atomic E-state index is 8.75. The quantitative estimate of drug-likeness (QED) is 0.0681. The molecule has 100 heavy (non-hydrogen) atoms. The molecule has 0 saturated heterocycles. The van der Waals surface area contributed by atoms with Crippen LogP contribution in [0.25, 0.3) is 0 Å². The van der Waals surface area contributed by atoms with Crippen molar-refractivity contribution in [3.8, 4) is 11.5 Å². The van der Waals surface area contributed by atoms with E-state index >= 15 is 0 Å². The molecule has 4 heterocycles. The van der Waals surface area contributed by atoms with E-state index < -0.39 is 18.2 Å². The zero-order chi connectivity index (χ0) is 68.8. The van der Waals surface area contributed by atoms with Crippen LogP contribution in [0.4, 0.5) is 102 Å². The van der Waals surface area contributed by atoms with E-state index in [9.17, 15) is 0 Å². The molecule has 0 N–H and O–H groups in total. The van der Waals surface area contributed by atoms with E-state index in [1.54, 1.807) is 0 Å². The molecule has 13 aromatic rings. The van der Waals surface area contributed by atoms with Crippen molar-refractivity contribution < 1.29 is 6.03 Å². The molecule has 0 saturated carbocycles. The van der Waals surface area contributed by atoms with Crippen molar-refractivity contribution in [1.29, 1.82) is 0 Å². The van der Waals surface area contributed by atoms with Crippen molar-refractivity contribution in [2.24, 2.45) is 0 Å². The molecule has 1 spiro atoms. The van der Waals surface area contributed by atoms with Crippen LogP contribution in [0, 0.1) is 62.3 Å². The Labute approximate surface area is 606 Å². The van der Waals surface area contributed by atoms with Gasteiger partial charge in [-0.1, -0.05) is 0 Å². The first kappa shape index (κ1) is 63.7.